The van der Waals surface area contributed by atoms with Gasteiger partial charge in [-0.25, -0.2) is 9.48 Å². The molecule has 0 saturated carbocycles. The average Bonchev–Trinajstić information content (AvgIpc) is 3.17. The number of hydrogen-bond donors (Lipinski definition) is 3. The first kappa shape index (κ1) is 15.9. The predicted molar refractivity (Wildman–Crippen MR) is 99.9 cm³/mol. The van der Waals surface area contributed by atoms with E-state index in [1.807, 2.05) is 38.1 Å². The van der Waals surface area contributed by atoms with E-state index in [9.17, 15) is 9.59 Å². The Morgan fingerprint density at radius 3 is 2.65 bits per heavy atom. The van der Waals surface area contributed by atoms with Gasteiger partial charge in [-0.05, 0) is 43.7 Å². The Morgan fingerprint density at radius 1 is 1.08 bits per heavy atom. The number of carbonyl (C=O) groups is 1. The topological polar surface area (TPSA) is 95.6 Å². The van der Waals surface area contributed by atoms with Crippen molar-refractivity contribution in [1.29, 1.82) is 0 Å². The molecule has 4 aromatic rings. The molecule has 0 spiro atoms. The molecule has 0 fully saturated rings. The summed E-state index contributed by atoms with van der Waals surface area (Å²) in [5, 5.41) is 7.22. The van der Waals surface area contributed by atoms with Crippen molar-refractivity contribution in [2.75, 3.05) is 5.32 Å². The molecule has 0 aliphatic heterocycles. The molecule has 0 unspecified atom stereocenters. The summed E-state index contributed by atoms with van der Waals surface area (Å²) < 4.78 is 1.76. The molecule has 2 aromatic heterocycles. The van der Waals surface area contributed by atoms with Crippen LogP contribution in [0.2, 0.25) is 0 Å². The van der Waals surface area contributed by atoms with Gasteiger partial charge in [-0.15, -0.1) is 0 Å². The number of nitrogens with zero attached hydrogens (tertiary/aromatic N) is 2. The molecule has 0 aliphatic carbocycles. The lowest BCUT2D eigenvalue weighted by atomic mass is 10.2. The highest BCUT2D eigenvalue weighted by Gasteiger charge is 2.16. The summed E-state index contributed by atoms with van der Waals surface area (Å²) in [6, 6.07) is 13.1. The second kappa shape index (κ2) is 6.03. The average molecular weight is 347 g/mol. The molecule has 2 heterocycles. The fourth-order valence-electron chi connectivity index (χ4n) is 2.99. The number of aromatic nitrogens is 4. The molecule has 130 valence electrons. The summed E-state index contributed by atoms with van der Waals surface area (Å²) in [5.41, 5.74) is 4.92. The second-order valence-electron chi connectivity index (χ2n) is 6.14. The highest BCUT2D eigenvalue weighted by atomic mass is 16.2. The zero-order valence-electron chi connectivity index (χ0n) is 14.3. The predicted octanol–water partition coefficient (Wildman–Crippen LogP) is 2.91. The van der Waals surface area contributed by atoms with Crippen LogP contribution >= 0.6 is 0 Å². The van der Waals surface area contributed by atoms with Crippen molar-refractivity contribution in [3.05, 3.63) is 76.0 Å². The van der Waals surface area contributed by atoms with Crippen LogP contribution in [0.3, 0.4) is 0 Å². The Bertz CT molecular complexity index is 1180. The van der Waals surface area contributed by atoms with E-state index >= 15 is 0 Å². The van der Waals surface area contributed by atoms with Crippen molar-refractivity contribution in [2.24, 2.45) is 0 Å². The number of para-hydroxylation sites is 1. The zero-order valence-corrected chi connectivity index (χ0v) is 14.3. The van der Waals surface area contributed by atoms with Crippen LogP contribution in [0.1, 0.15) is 21.6 Å². The van der Waals surface area contributed by atoms with E-state index in [-0.39, 0.29) is 11.6 Å². The molecule has 0 aliphatic rings. The molecule has 0 radical (unpaired) electrons. The van der Waals surface area contributed by atoms with Crippen molar-refractivity contribution in [3.63, 3.8) is 0 Å². The Balaban J connectivity index is 1.64. The summed E-state index contributed by atoms with van der Waals surface area (Å²) in [6.45, 7) is 3.87. The van der Waals surface area contributed by atoms with Gasteiger partial charge in [-0.1, -0.05) is 18.2 Å². The van der Waals surface area contributed by atoms with Crippen LogP contribution in [0.25, 0.3) is 16.7 Å². The smallest absolute Gasteiger partial charge is 0.322 e. The fourth-order valence-corrected chi connectivity index (χ4v) is 2.99. The maximum atomic E-state index is 12.7. The number of hydrogen-bond acceptors (Lipinski definition) is 3. The number of fused-ring (bicyclic) bond motifs is 1. The van der Waals surface area contributed by atoms with Gasteiger partial charge in [0.2, 0.25) is 0 Å². The highest BCUT2D eigenvalue weighted by molar-refractivity contribution is 6.05. The standard InChI is InChI=1S/C19H17N5O2/c1-11-5-3-4-6-17(11)24-12(2)14(10-20-24)18(25)21-13-7-8-15-16(9-13)23-19(26)22-15/h3-10H,1-2H3,(H,21,25)(H2,22,23,26). The first-order chi connectivity index (χ1) is 12.5. The Hall–Kier alpha value is -3.61. The van der Waals surface area contributed by atoms with Crippen LogP contribution in [0.5, 0.6) is 0 Å². The van der Waals surface area contributed by atoms with Gasteiger partial charge in [0.1, 0.15) is 0 Å². The number of aryl methyl sites for hydroxylation is 1. The highest BCUT2D eigenvalue weighted by Crippen LogP contribution is 2.20. The normalized spacial score (nSPS) is 11.0. The van der Waals surface area contributed by atoms with Crippen LogP contribution in [0.4, 0.5) is 5.69 Å². The number of amides is 1. The lowest BCUT2D eigenvalue weighted by Crippen LogP contribution is -2.13. The van der Waals surface area contributed by atoms with Gasteiger partial charge in [-0.3, -0.25) is 4.79 Å². The summed E-state index contributed by atoms with van der Waals surface area (Å²) in [5.74, 6) is -0.250. The van der Waals surface area contributed by atoms with E-state index in [0.29, 0.717) is 22.3 Å². The molecular weight excluding hydrogens is 330 g/mol. The molecule has 26 heavy (non-hydrogen) atoms. The molecule has 0 atom stereocenters. The van der Waals surface area contributed by atoms with Gasteiger partial charge >= 0.3 is 5.69 Å². The molecule has 4 rings (SSSR count). The van der Waals surface area contributed by atoms with Crippen LogP contribution in [0, 0.1) is 13.8 Å². The Labute approximate surface area is 148 Å². The zero-order chi connectivity index (χ0) is 18.3. The molecule has 0 saturated heterocycles. The van der Waals surface area contributed by atoms with Gasteiger partial charge in [0, 0.05) is 5.69 Å². The van der Waals surface area contributed by atoms with Gasteiger partial charge in [-0.2, -0.15) is 5.10 Å². The summed E-state index contributed by atoms with van der Waals surface area (Å²) in [4.78, 5) is 29.4. The van der Waals surface area contributed by atoms with Gasteiger partial charge in [0.15, 0.2) is 0 Å². The van der Waals surface area contributed by atoms with E-state index in [1.54, 1.807) is 29.1 Å². The SMILES string of the molecule is Cc1ccccc1-n1ncc(C(=O)Nc2ccc3[nH]c(=O)[nH]c3c2)c1C. The number of anilines is 1. The maximum Gasteiger partial charge on any atom is 0.323 e. The molecule has 2 aromatic carbocycles. The molecule has 7 heteroatoms. The number of nitrogens with one attached hydrogen (secondary N) is 3. The van der Waals surface area contributed by atoms with E-state index in [1.165, 1.54) is 0 Å². The number of imidazole rings is 1. The first-order valence-corrected chi connectivity index (χ1v) is 8.17. The Morgan fingerprint density at radius 2 is 1.85 bits per heavy atom. The number of rotatable bonds is 3. The fraction of sp³-hybridized carbons (Fsp3) is 0.105. The largest absolute Gasteiger partial charge is 0.323 e. The van der Waals surface area contributed by atoms with Crippen molar-refractivity contribution in [2.45, 2.75) is 13.8 Å². The summed E-state index contributed by atoms with van der Waals surface area (Å²) in [6.07, 6.45) is 1.56. The lowest BCUT2D eigenvalue weighted by molar-refractivity contribution is 0.102. The van der Waals surface area contributed by atoms with Crippen molar-refractivity contribution in [3.8, 4) is 5.69 Å². The summed E-state index contributed by atoms with van der Waals surface area (Å²) in [7, 11) is 0. The third-order valence-corrected chi connectivity index (χ3v) is 4.37. The van der Waals surface area contributed by atoms with E-state index in [2.05, 4.69) is 20.4 Å². The van der Waals surface area contributed by atoms with Gasteiger partial charge < -0.3 is 15.3 Å². The van der Waals surface area contributed by atoms with E-state index in [0.717, 1.165) is 16.9 Å². The van der Waals surface area contributed by atoms with Crippen molar-refractivity contribution < 1.29 is 4.79 Å². The van der Waals surface area contributed by atoms with E-state index < -0.39 is 0 Å². The monoisotopic (exact) mass is 347 g/mol. The first-order valence-electron chi connectivity index (χ1n) is 8.17. The van der Waals surface area contributed by atoms with Crippen molar-refractivity contribution in [1.82, 2.24) is 19.7 Å². The molecule has 0 bridgehead atoms. The number of H-pyrrole nitrogens is 2. The van der Waals surface area contributed by atoms with Gasteiger partial charge in [0.25, 0.3) is 5.91 Å². The quantitative estimate of drug-likeness (QED) is 0.532. The minimum Gasteiger partial charge on any atom is -0.322 e. The van der Waals surface area contributed by atoms with E-state index in [4.69, 9.17) is 0 Å². The third-order valence-electron chi connectivity index (χ3n) is 4.37. The number of benzene rings is 2. The third kappa shape index (κ3) is 2.69. The number of carbonyl (C=O) groups excluding carboxylic acids is 1. The minimum absolute atomic E-state index is 0.250. The van der Waals surface area contributed by atoms with Crippen LogP contribution in [-0.2, 0) is 0 Å². The van der Waals surface area contributed by atoms with Crippen molar-refractivity contribution >= 4 is 22.6 Å². The van der Waals surface area contributed by atoms with Gasteiger partial charge in [0.05, 0.1) is 34.2 Å². The number of aromatic amines is 2. The molecule has 3 N–H and O–H groups in total. The second-order valence-corrected chi connectivity index (χ2v) is 6.14. The molecule has 1 amide bonds. The minimum atomic E-state index is -0.279. The van der Waals surface area contributed by atoms with Crippen LogP contribution < -0.4 is 11.0 Å². The Kier molecular flexibility index (Phi) is 3.69. The molecule has 7 nitrogen and oxygen atoms in total. The lowest BCUT2D eigenvalue weighted by Gasteiger charge is -2.09. The maximum absolute atomic E-state index is 12.7. The molecular formula is C19H17N5O2. The van der Waals surface area contributed by atoms with Crippen LogP contribution in [0.15, 0.2) is 53.5 Å². The summed E-state index contributed by atoms with van der Waals surface area (Å²) >= 11 is 0. The van der Waals surface area contributed by atoms with Crippen LogP contribution in [-0.4, -0.2) is 25.7 Å².